The number of nitrogens with one attached hydrogen (secondary N) is 1. The van der Waals surface area contributed by atoms with Crippen LogP contribution in [0.15, 0.2) is 30.7 Å². The third-order valence-electron chi connectivity index (χ3n) is 5.66. The molecule has 10 heteroatoms. The lowest BCUT2D eigenvalue weighted by Crippen LogP contribution is -2.20. The molecule has 3 aromatic heterocycles. The number of amides is 1. The summed E-state index contributed by atoms with van der Waals surface area (Å²) in [6, 6.07) is 2.59. The molecule has 0 atom stereocenters. The number of hydrogen-bond acceptors (Lipinski definition) is 5. The Kier molecular flexibility index (Phi) is 6.28. The van der Waals surface area contributed by atoms with E-state index in [1.165, 1.54) is 23.6 Å². The first-order chi connectivity index (χ1) is 15.9. The minimum Gasteiger partial charge on any atom is -0.371 e. The van der Waals surface area contributed by atoms with Crippen LogP contribution in [0.2, 0.25) is 0 Å². The van der Waals surface area contributed by atoms with Crippen LogP contribution in [0.5, 0.6) is 0 Å². The van der Waals surface area contributed by atoms with Crippen molar-refractivity contribution >= 4 is 33.8 Å². The van der Waals surface area contributed by atoms with Crippen molar-refractivity contribution in [3.05, 3.63) is 53.6 Å². The number of nitrogens with zero attached hydrogens (tertiary/aromatic N) is 5. The van der Waals surface area contributed by atoms with E-state index in [0.717, 1.165) is 37.0 Å². The highest BCUT2D eigenvalue weighted by Crippen LogP contribution is 2.33. The maximum Gasteiger partial charge on any atom is 0.260 e. The Morgan fingerprint density at radius 1 is 1.12 bits per heavy atom. The van der Waals surface area contributed by atoms with Crippen LogP contribution >= 0.6 is 0 Å². The Labute approximate surface area is 190 Å². The molecule has 0 aliphatic carbocycles. The number of carbonyl (C=O) groups is 1. The fourth-order valence-corrected chi connectivity index (χ4v) is 4.22. The number of fused-ring (bicyclic) bond motifs is 2. The predicted octanol–water partition coefficient (Wildman–Crippen LogP) is 3.72. The summed E-state index contributed by atoms with van der Waals surface area (Å²) in [4.78, 5) is 19.3. The molecular weight excluding hydrogens is 428 g/mol. The van der Waals surface area contributed by atoms with Crippen molar-refractivity contribution in [1.82, 2.24) is 19.2 Å². The molecular formula is C23H27F2N7O. The number of carbonyl (C=O) groups excluding carboxylic acids is 1. The van der Waals surface area contributed by atoms with Crippen LogP contribution in [0.4, 0.5) is 20.2 Å². The highest BCUT2D eigenvalue weighted by Gasteiger charge is 2.25. The molecule has 5 rings (SSSR count). The normalized spacial score (nSPS) is 13.5. The van der Waals surface area contributed by atoms with Gasteiger partial charge in [-0.1, -0.05) is 0 Å². The number of aryl methyl sites for hydroxylation is 2. The third kappa shape index (κ3) is 4.13. The minimum atomic E-state index is -0.674. The molecule has 174 valence electrons. The zero-order chi connectivity index (χ0) is 23.7. The molecule has 1 saturated heterocycles. The highest BCUT2D eigenvalue weighted by atomic mass is 19.1. The molecule has 8 nitrogen and oxygen atoms in total. The molecule has 0 saturated carbocycles. The van der Waals surface area contributed by atoms with Gasteiger partial charge in [0.15, 0.2) is 11.5 Å². The third-order valence-corrected chi connectivity index (χ3v) is 5.66. The summed E-state index contributed by atoms with van der Waals surface area (Å²) in [5, 5.41) is 7.81. The number of aromatic nitrogens is 4. The van der Waals surface area contributed by atoms with E-state index in [2.05, 4.69) is 26.0 Å². The Bertz CT molecular complexity index is 1320. The van der Waals surface area contributed by atoms with Crippen molar-refractivity contribution in [3.8, 4) is 0 Å². The number of rotatable bonds is 4. The summed E-state index contributed by atoms with van der Waals surface area (Å²) in [5.74, 6) is -1.89. The standard InChI is InChI=1S/C22H22F2N6O.CH5N/c1-3-30-12-15-18(28-6-4-5-7-28)9-16(23)19(20(15)27-30)22(31)26-14-8-17(24)21-25-13(2)10-29(21)11-14;1-2/h8-12H,3-7H2,1-2H3,(H,26,31);2H2,1H3. The van der Waals surface area contributed by atoms with Crippen molar-refractivity contribution in [2.45, 2.75) is 33.2 Å². The first-order valence-corrected chi connectivity index (χ1v) is 10.9. The highest BCUT2D eigenvalue weighted by molar-refractivity contribution is 6.14. The second-order valence-corrected chi connectivity index (χ2v) is 7.84. The van der Waals surface area contributed by atoms with E-state index in [1.54, 1.807) is 24.0 Å². The van der Waals surface area contributed by atoms with E-state index in [0.29, 0.717) is 17.8 Å². The molecule has 1 aliphatic heterocycles. The monoisotopic (exact) mass is 455 g/mol. The Morgan fingerprint density at radius 3 is 2.55 bits per heavy atom. The van der Waals surface area contributed by atoms with Gasteiger partial charge < -0.3 is 20.4 Å². The predicted molar refractivity (Wildman–Crippen MR) is 125 cm³/mol. The van der Waals surface area contributed by atoms with E-state index < -0.39 is 17.5 Å². The van der Waals surface area contributed by atoms with E-state index in [1.807, 2.05) is 13.1 Å². The van der Waals surface area contributed by atoms with Gasteiger partial charge in [0.1, 0.15) is 16.9 Å². The largest absolute Gasteiger partial charge is 0.371 e. The van der Waals surface area contributed by atoms with Crippen LogP contribution in [0.25, 0.3) is 16.6 Å². The molecule has 1 aromatic carbocycles. The van der Waals surface area contributed by atoms with E-state index in [4.69, 9.17) is 0 Å². The molecule has 1 fully saturated rings. The average molecular weight is 456 g/mol. The molecule has 0 unspecified atom stereocenters. The minimum absolute atomic E-state index is 0.146. The van der Waals surface area contributed by atoms with Gasteiger partial charge in [-0.2, -0.15) is 5.10 Å². The number of nitrogens with two attached hydrogens (primary N) is 1. The van der Waals surface area contributed by atoms with Crippen LogP contribution in [0, 0.1) is 18.6 Å². The number of hydrogen-bond donors (Lipinski definition) is 2. The first kappa shape index (κ1) is 22.7. The molecule has 0 bridgehead atoms. The summed E-state index contributed by atoms with van der Waals surface area (Å²) in [5.41, 5.74) is 6.44. The lowest BCUT2D eigenvalue weighted by molar-refractivity contribution is 0.102. The molecule has 0 radical (unpaired) electrons. The van der Waals surface area contributed by atoms with Crippen LogP contribution in [0.1, 0.15) is 35.8 Å². The van der Waals surface area contributed by atoms with Gasteiger partial charge in [-0.3, -0.25) is 9.48 Å². The van der Waals surface area contributed by atoms with Gasteiger partial charge >= 0.3 is 0 Å². The molecule has 0 spiro atoms. The number of halogens is 2. The summed E-state index contributed by atoms with van der Waals surface area (Å²) in [6.45, 7) is 5.98. The van der Waals surface area contributed by atoms with Crippen molar-refractivity contribution in [2.24, 2.45) is 5.73 Å². The van der Waals surface area contributed by atoms with Gasteiger partial charge in [-0.15, -0.1) is 0 Å². The molecule has 4 aromatic rings. The molecule has 1 amide bonds. The number of pyridine rings is 1. The molecule has 3 N–H and O–H groups in total. The lowest BCUT2D eigenvalue weighted by Gasteiger charge is -2.19. The maximum absolute atomic E-state index is 15.2. The van der Waals surface area contributed by atoms with Gasteiger partial charge in [-0.25, -0.2) is 13.8 Å². The van der Waals surface area contributed by atoms with Crippen LogP contribution in [-0.4, -0.2) is 45.2 Å². The van der Waals surface area contributed by atoms with E-state index >= 15 is 4.39 Å². The fraction of sp³-hybridized carbons (Fsp3) is 0.348. The second kappa shape index (κ2) is 9.14. The van der Waals surface area contributed by atoms with E-state index in [-0.39, 0.29) is 16.9 Å². The zero-order valence-corrected chi connectivity index (χ0v) is 18.9. The average Bonchev–Trinajstić information content (AvgIpc) is 3.53. The van der Waals surface area contributed by atoms with Gasteiger partial charge in [0.25, 0.3) is 5.91 Å². The van der Waals surface area contributed by atoms with Crippen molar-refractivity contribution in [2.75, 3.05) is 30.4 Å². The Morgan fingerprint density at radius 2 is 1.85 bits per heavy atom. The zero-order valence-electron chi connectivity index (χ0n) is 18.9. The number of anilines is 2. The van der Waals surface area contributed by atoms with Gasteiger partial charge in [-0.05, 0) is 39.8 Å². The Balaban J connectivity index is 0.00000126. The lowest BCUT2D eigenvalue weighted by atomic mass is 10.1. The quantitative estimate of drug-likeness (QED) is 0.489. The molecule has 33 heavy (non-hydrogen) atoms. The fourth-order valence-electron chi connectivity index (χ4n) is 4.22. The second-order valence-electron chi connectivity index (χ2n) is 7.84. The van der Waals surface area contributed by atoms with Crippen molar-refractivity contribution in [3.63, 3.8) is 0 Å². The van der Waals surface area contributed by atoms with E-state index in [9.17, 15) is 9.18 Å². The van der Waals surface area contributed by atoms with Crippen molar-refractivity contribution in [1.29, 1.82) is 0 Å². The number of imidazole rings is 1. The molecule has 4 heterocycles. The SMILES string of the molecule is CCn1cc2c(N3CCCC3)cc(F)c(C(=O)Nc3cc(F)c4nc(C)cn4c3)c2n1.CN. The molecule has 1 aliphatic rings. The van der Waals surface area contributed by atoms with Crippen LogP contribution in [-0.2, 0) is 6.54 Å². The summed E-state index contributed by atoms with van der Waals surface area (Å²) in [6.07, 6.45) is 7.15. The van der Waals surface area contributed by atoms with Crippen LogP contribution in [0.3, 0.4) is 0 Å². The first-order valence-electron chi connectivity index (χ1n) is 10.9. The number of benzene rings is 1. The summed E-state index contributed by atoms with van der Waals surface area (Å²) in [7, 11) is 1.50. The van der Waals surface area contributed by atoms with Gasteiger partial charge in [0.2, 0.25) is 0 Å². The summed E-state index contributed by atoms with van der Waals surface area (Å²) >= 11 is 0. The maximum atomic E-state index is 15.2. The van der Waals surface area contributed by atoms with Crippen LogP contribution < -0.4 is 16.0 Å². The van der Waals surface area contributed by atoms with Gasteiger partial charge in [0, 0.05) is 49.7 Å². The Hall–Kier alpha value is -3.53. The topological polar surface area (TPSA) is 93.5 Å². The van der Waals surface area contributed by atoms with Gasteiger partial charge in [0.05, 0.1) is 17.1 Å². The van der Waals surface area contributed by atoms with Crippen molar-refractivity contribution < 1.29 is 13.6 Å². The smallest absolute Gasteiger partial charge is 0.260 e. The summed E-state index contributed by atoms with van der Waals surface area (Å²) < 4.78 is 32.8.